The Morgan fingerprint density at radius 3 is 2.31 bits per heavy atom. The van der Waals surface area contributed by atoms with Crippen molar-refractivity contribution in [3.63, 3.8) is 0 Å². The van der Waals surface area contributed by atoms with Crippen molar-refractivity contribution >= 4 is 23.1 Å². The van der Waals surface area contributed by atoms with E-state index in [9.17, 15) is 4.79 Å². The summed E-state index contributed by atoms with van der Waals surface area (Å²) in [6.07, 6.45) is 0. The van der Waals surface area contributed by atoms with Crippen molar-refractivity contribution in [2.24, 2.45) is 5.73 Å². The first-order chi connectivity index (χ1) is 7.51. The van der Waals surface area contributed by atoms with Gasteiger partial charge in [-0.05, 0) is 6.07 Å². The first-order valence-electron chi connectivity index (χ1n) is 4.41. The highest BCUT2D eigenvalue weighted by Gasteiger charge is 2.15. The van der Waals surface area contributed by atoms with Crippen LogP contribution in [-0.4, -0.2) is 20.1 Å². The first kappa shape index (κ1) is 12.4. The fourth-order valence-electron chi connectivity index (χ4n) is 1.23. The molecule has 0 spiro atoms. The lowest BCUT2D eigenvalue weighted by atomic mass is 10.1. The van der Waals surface area contributed by atoms with Crippen LogP contribution >= 0.6 is 11.6 Å². The lowest BCUT2D eigenvalue weighted by molar-refractivity contribution is -0.112. The Hall–Kier alpha value is -1.68. The molecule has 0 unspecified atom stereocenters. The normalized spacial score (nSPS) is 9.69. The van der Waals surface area contributed by atoms with Crippen molar-refractivity contribution in [3.8, 4) is 11.5 Å². The van der Waals surface area contributed by atoms with E-state index in [1.165, 1.54) is 20.3 Å². The summed E-state index contributed by atoms with van der Waals surface area (Å²) in [5, 5.41) is 0.362. The van der Waals surface area contributed by atoms with E-state index in [1.54, 1.807) is 6.07 Å². The molecule has 2 N–H and O–H groups in total. The lowest BCUT2D eigenvalue weighted by Crippen LogP contribution is -2.12. The maximum Gasteiger partial charge on any atom is 0.248 e. The quantitative estimate of drug-likeness (QED) is 0.819. The number of halogens is 1. The van der Waals surface area contributed by atoms with Crippen LogP contribution in [0.1, 0.15) is 5.56 Å². The van der Waals surface area contributed by atoms with E-state index in [0.29, 0.717) is 22.1 Å². The van der Waals surface area contributed by atoms with Gasteiger partial charge in [0.25, 0.3) is 0 Å². The summed E-state index contributed by atoms with van der Waals surface area (Å²) in [7, 11) is 2.96. The topological polar surface area (TPSA) is 61.6 Å². The van der Waals surface area contributed by atoms with Gasteiger partial charge in [-0.2, -0.15) is 0 Å². The summed E-state index contributed by atoms with van der Waals surface area (Å²) in [4.78, 5) is 11.0. The van der Waals surface area contributed by atoms with Crippen molar-refractivity contribution in [3.05, 3.63) is 29.3 Å². The van der Waals surface area contributed by atoms with Crippen LogP contribution < -0.4 is 15.2 Å². The molecule has 5 heteroatoms. The molecule has 0 heterocycles. The minimum Gasteiger partial charge on any atom is -0.496 e. The van der Waals surface area contributed by atoms with Crippen LogP contribution in [0.5, 0.6) is 11.5 Å². The van der Waals surface area contributed by atoms with Gasteiger partial charge in [-0.3, -0.25) is 4.79 Å². The molecule has 0 aromatic heterocycles. The lowest BCUT2D eigenvalue weighted by Gasteiger charge is -2.12. The average molecular weight is 242 g/mol. The number of primary amides is 1. The Kier molecular flexibility index (Phi) is 3.79. The van der Waals surface area contributed by atoms with Crippen molar-refractivity contribution in [1.82, 2.24) is 0 Å². The second-order valence-electron chi connectivity index (χ2n) is 3.03. The van der Waals surface area contributed by atoms with Gasteiger partial charge in [0.15, 0.2) is 0 Å². The van der Waals surface area contributed by atoms with E-state index >= 15 is 0 Å². The Morgan fingerprint density at radius 2 is 1.88 bits per heavy atom. The first-order valence-corrected chi connectivity index (χ1v) is 4.79. The maximum absolute atomic E-state index is 11.0. The van der Waals surface area contributed by atoms with Crippen LogP contribution in [0.2, 0.25) is 5.02 Å². The van der Waals surface area contributed by atoms with Gasteiger partial charge in [0.05, 0.1) is 19.2 Å². The van der Waals surface area contributed by atoms with Gasteiger partial charge in [-0.15, -0.1) is 0 Å². The number of rotatable bonds is 4. The van der Waals surface area contributed by atoms with Crippen molar-refractivity contribution in [2.75, 3.05) is 14.2 Å². The van der Waals surface area contributed by atoms with Crippen molar-refractivity contribution < 1.29 is 14.3 Å². The predicted octanol–water partition coefficient (Wildman–Crippen LogP) is 1.86. The third kappa shape index (κ3) is 2.28. The molecule has 1 aromatic carbocycles. The highest BCUT2D eigenvalue weighted by Crippen LogP contribution is 2.35. The van der Waals surface area contributed by atoms with Crippen LogP contribution in [0.25, 0.3) is 5.57 Å². The molecular formula is C11H12ClNO3. The van der Waals surface area contributed by atoms with Gasteiger partial charge in [-0.1, -0.05) is 18.2 Å². The Bertz CT molecular complexity index is 443. The molecule has 0 aliphatic heterocycles. The Balaban J connectivity index is 3.34. The van der Waals surface area contributed by atoms with Crippen molar-refractivity contribution in [1.29, 1.82) is 0 Å². The number of carbonyl (C=O) groups is 1. The van der Waals surface area contributed by atoms with Gasteiger partial charge in [-0.25, -0.2) is 0 Å². The molecule has 1 aromatic rings. The number of benzene rings is 1. The monoisotopic (exact) mass is 241 g/mol. The van der Waals surface area contributed by atoms with Gasteiger partial charge < -0.3 is 15.2 Å². The SMILES string of the molecule is C=C(C(N)=O)c1cc(Cl)c(OC)cc1OC. The number of amides is 1. The van der Waals surface area contributed by atoms with Gasteiger partial charge in [0.2, 0.25) is 5.91 Å². The fraction of sp³-hybridized carbons (Fsp3) is 0.182. The highest BCUT2D eigenvalue weighted by molar-refractivity contribution is 6.32. The van der Waals surface area contributed by atoms with Crippen LogP contribution in [-0.2, 0) is 4.79 Å². The minimum absolute atomic E-state index is 0.140. The zero-order valence-electron chi connectivity index (χ0n) is 9.04. The van der Waals surface area contributed by atoms with Crippen LogP contribution in [0.15, 0.2) is 18.7 Å². The molecule has 1 rings (SSSR count). The number of nitrogens with two attached hydrogens (primary N) is 1. The zero-order chi connectivity index (χ0) is 12.3. The smallest absolute Gasteiger partial charge is 0.248 e. The molecule has 0 atom stereocenters. The summed E-state index contributed by atoms with van der Waals surface area (Å²) < 4.78 is 10.1. The van der Waals surface area contributed by atoms with E-state index < -0.39 is 5.91 Å². The largest absolute Gasteiger partial charge is 0.496 e. The second kappa shape index (κ2) is 4.90. The van der Waals surface area contributed by atoms with E-state index in [2.05, 4.69) is 6.58 Å². The molecule has 0 radical (unpaired) electrons. The Morgan fingerprint density at radius 1 is 1.31 bits per heavy atom. The standard InChI is InChI=1S/C11H12ClNO3/c1-6(11(13)14)7-4-8(12)10(16-3)5-9(7)15-2/h4-5H,1H2,2-3H3,(H2,13,14). The van der Waals surface area contributed by atoms with Gasteiger partial charge in [0.1, 0.15) is 11.5 Å². The molecular weight excluding hydrogens is 230 g/mol. The van der Waals surface area contributed by atoms with Crippen LogP contribution in [0.4, 0.5) is 0 Å². The molecule has 0 aliphatic rings. The number of carbonyl (C=O) groups excluding carboxylic acids is 1. The Labute approximate surface area is 98.6 Å². The molecule has 1 amide bonds. The summed E-state index contributed by atoms with van der Waals surface area (Å²) in [6, 6.07) is 3.11. The predicted molar refractivity (Wildman–Crippen MR) is 62.8 cm³/mol. The van der Waals surface area contributed by atoms with E-state index in [0.717, 1.165) is 0 Å². The molecule has 0 fully saturated rings. The molecule has 0 saturated heterocycles. The number of hydrogen-bond donors (Lipinski definition) is 1. The summed E-state index contributed by atoms with van der Waals surface area (Å²) in [5.41, 5.74) is 5.74. The number of methoxy groups -OCH3 is 2. The fourth-order valence-corrected chi connectivity index (χ4v) is 1.47. The highest BCUT2D eigenvalue weighted by atomic mass is 35.5. The summed E-state index contributed by atoms with van der Waals surface area (Å²) >= 11 is 5.93. The van der Waals surface area contributed by atoms with Crippen LogP contribution in [0.3, 0.4) is 0 Å². The van der Waals surface area contributed by atoms with Gasteiger partial charge in [0, 0.05) is 17.2 Å². The molecule has 16 heavy (non-hydrogen) atoms. The van der Waals surface area contributed by atoms with Crippen molar-refractivity contribution in [2.45, 2.75) is 0 Å². The van der Waals surface area contributed by atoms with E-state index in [-0.39, 0.29) is 5.57 Å². The molecule has 0 aliphatic carbocycles. The van der Waals surface area contributed by atoms with Crippen LogP contribution in [0, 0.1) is 0 Å². The summed E-state index contributed by atoms with van der Waals surface area (Å²) in [5.74, 6) is 0.268. The zero-order valence-corrected chi connectivity index (χ0v) is 9.80. The third-order valence-electron chi connectivity index (χ3n) is 2.10. The molecule has 0 bridgehead atoms. The number of ether oxygens (including phenoxy) is 2. The molecule has 4 nitrogen and oxygen atoms in total. The molecule has 86 valence electrons. The molecule has 0 saturated carbocycles. The van der Waals surface area contributed by atoms with Gasteiger partial charge >= 0.3 is 0 Å². The van der Waals surface area contributed by atoms with E-state index in [1.807, 2.05) is 0 Å². The second-order valence-corrected chi connectivity index (χ2v) is 3.44. The summed E-state index contributed by atoms with van der Waals surface area (Å²) in [6.45, 7) is 3.58. The number of hydrogen-bond acceptors (Lipinski definition) is 3. The average Bonchev–Trinajstić information content (AvgIpc) is 2.27. The minimum atomic E-state index is -0.625. The maximum atomic E-state index is 11.0. The third-order valence-corrected chi connectivity index (χ3v) is 2.39. The van der Waals surface area contributed by atoms with E-state index in [4.69, 9.17) is 26.8 Å².